The van der Waals surface area contributed by atoms with Gasteiger partial charge in [-0.1, -0.05) is 20.3 Å². The molecule has 4 nitrogen and oxygen atoms in total. The van der Waals surface area contributed by atoms with Gasteiger partial charge in [0.05, 0.1) is 6.54 Å². The van der Waals surface area contributed by atoms with Gasteiger partial charge in [-0.2, -0.15) is 0 Å². The maximum Gasteiger partial charge on any atom is 0.234 e. The van der Waals surface area contributed by atoms with Gasteiger partial charge in [-0.25, -0.2) is 0 Å². The van der Waals surface area contributed by atoms with Crippen molar-refractivity contribution >= 4 is 5.91 Å². The molecule has 1 rings (SSSR count). The Balaban J connectivity index is 2.05. The largest absolute Gasteiger partial charge is 0.381 e. The van der Waals surface area contributed by atoms with Crippen molar-refractivity contribution in [2.24, 2.45) is 5.92 Å². The molecule has 0 aromatic rings. The Hall–Kier alpha value is -0.610. The molecule has 0 aromatic carbocycles. The summed E-state index contributed by atoms with van der Waals surface area (Å²) in [6.45, 7) is 7.23. The van der Waals surface area contributed by atoms with E-state index in [0.717, 1.165) is 39.0 Å². The van der Waals surface area contributed by atoms with E-state index in [1.165, 1.54) is 0 Å². The third kappa shape index (κ3) is 5.47. The molecule has 4 heteroatoms. The zero-order valence-electron chi connectivity index (χ0n) is 10.4. The molecule has 1 aliphatic heterocycles. The van der Waals surface area contributed by atoms with Crippen molar-refractivity contribution in [2.45, 2.75) is 39.2 Å². The fraction of sp³-hybridized carbons (Fsp3) is 0.917. The van der Waals surface area contributed by atoms with Crippen LogP contribution in [0.25, 0.3) is 0 Å². The van der Waals surface area contributed by atoms with E-state index < -0.39 is 0 Å². The van der Waals surface area contributed by atoms with Crippen LogP contribution in [0.15, 0.2) is 0 Å². The van der Waals surface area contributed by atoms with E-state index in [9.17, 15) is 4.79 Å². The van der Waals surface area contributed by atoms with Crippen molar-refractivity contribution in [1.82, 2.24) is 10.6 Å². The third-order valence-corrected chi connectivity index (χ3v) is 3.06. The lowest BCUT2D eigenvalue weighted by molar-refractivity contribution is -0.121. The van der Waals surface area contributed by atoms with Gasteiger partial charge in [0.25, 0.3) is 0 Å². The van der Waals surface area contributed by atoms with Crippen LogP contribution in [0.4, 0.5) is 0 Å². The fourth-order valence-corrected chi connectivity index (χ4v) is 1.70. The quantitative estimate of drug-likeness (QED) is 0.710. The fourth-order valence-electron chi connectivity index (χ4n) is 1.70. The molecule has 1 amide bonds. The number of amides is 1. The minimum absolute atomic E-state index is 0.107. The van der Waals surface area contributed by atoms with Crippen LogP contribution in [0.2, 0.25) is 0 Å². The molecule has 94 valence electrons. The lowest BCUT2D eigenvalue weighted by Gasteiger charge is -2.23. The average molecular weight is 228 g/mol. The summed E-state index contributed by atoms with van der Waals surface area (Å²) in [5.74, 6) is 0.742. The first-order valence-electron chi connectivity index (χ1n) is 6.30. The standard InChI is InChI=1S/C12H24N2O2/c1-3-10(2)8-13-9-12(15)14-11-4-6-16-7-5-11/h10-11,13H,3-9H2,1-2H3,(H,14,15). The molecule has 1 saturated heterocycles. The van der Waals surface area contributed by atoms with Crippen molar-refractivity contribution in [3.05, 3.63) is 0 Å². The van der Waals surface area contributed by atoms with Crippen LogP contribution in [0.5, 0.6) is 0 Å². The summed E-state index contributed by atoms with van der Waals surface area (Å²) in [5.41, 5.74) is 0. The van der Waals surface area contributed by atoms with E-state index in [1.807, 2.05) is 0 Å². The van der Waals surface area contributed by atoms with Gasteiger partial charge in [-0.3, -0.25) is 4.79 Å². The number of rotatable bonds is 6. The topological polar surface area (TPSA) is 50.4 Å². The second kappa shape index (κ2) is 7.63. The first-order chi connectivity index (χ1) is 7.72. The first-order valence-corrected chi connectivity index (χ1v) is 6.30. The number of nitrogens with one attached hydrogen (secondary N) is 2. The Kier molecular flexibility index (Phi) is 6.42. The predicted octanol–water partition coefficient (Wildman–Crippen LogP) is 0.917. The lowest BCUT2D eigenvalue weighted by Crippen LogP contribution is -2.43. The second-order valence-electron chi connectivity index (χ2n) is 4.60. The zero-order chi connectivity index (χ0) is 11.8. The minimum Gasteiger partial charge on any atom is -0.381 e. The zero-order valence-corrected chi connectivity index (χ0v) is 10.4. The molecule has 0 radical (unpaired) electrons. The molecule has 1 fully saturated rings. The molecule has 1 unspecified atom stereocenters. The van der Waals surface area contributed by atoms with Crippen LogP contribution < -0.4 is 10.6 Å². The van der Waals surface area contributed by atoms with Crippen molar-refractivity contribution in [3.63, 3.8) is 0 Å². The Morgan fingerprint density at radius 3 is 2.75 bits per heavy atom. The summed E-state index contributed by atoms with van der Waals surface area (Å²) in [7, 11) is 0. The van der Waals surface area contributed by atoms with Crippen LogP contribution in [-0.2, 0) is 9.53 Å². The van der Waals surface area contributed by atoms with Crippen LogP contribution in [-0.4, -0.2) is 38.3 Å². The van der Waals surface area contributed by atoms with E-state index >= 15 is 0 Å². The van der Waals surface area contributed by atoms with Gasteiger partial charge in [0.1, 0.15) is 0 Å². The van der Waals surface area contributed by atoms with Gasteiger partial charge in [0.15, 0.2) is 0 Å². The molecule has 1 atom stereocenters. The van der Waals surface area contributed by atoms with Crippen molar-refractivity contribution in [3.8, 4) is 0 Å². The highest BCUT2D eigenvalue weighted by Gasteiger charge is 2.15. The molecular formula is C12H24N2O2. The normalized spacial score (nSPS) is 19.4. The number of hydrogen-bond donors (Lipinski definition) is 2. The summed E-state index contributed by atoms with van der Waals surface area (Å²) in [6.07, 6.45) is 3.03. The van der Waals surface area contributed by atoms with Crippen LogP contribution in [0, 0.1) is 5.92 Å². The van der Waals surface area contributed by atoms with E-state index in [4.69, 9.17) is 4.74 Å². The van der Waals surface area contributed by atoms with Crippen LogP contribution >= 0.6 is 0 Å². The number of carbonyl (C=O) groups is 1. The van der Waals surface area contributed by atoms with Crippen LogP contribution in [0.3, 0.4) is 0 Å². The highest BCUT2D eigenvalue weighted by atomic mass is 16.5. The van der Waals surface area contributed by atoms with Gasteiger partial charge in [0, 0.05) is 19.3 Å². The summed E-state index contributed by atoms with van der Waals surface area (Å²) in [4.78, 5) is 11.6. The van der Waals surface area contributed by atoms with E-state index in [2.05, 4.69) is 24.5 Å². The third-order valence-electron chi connectivity index (χ3n) is 3.06. The molecule has 1 heterocycles. The number of carbonyl (C=O) groups excluding carboxylic acids is 1. The second-order valence-corrected chi connectivity index (χ2v) is 4.60. The summed E-state index contributed by atoms with van der Waals surface area (Å²) >= 11 is 0. The highest BCUT2D eigenvalue weighted by Crippen LogP contribution is 2.05. The molecule has 0 saturated carbocycles. The maximum atomic E-state index is 11.6. The Labute approximate surface area is 98.1 Å². The van der Waals surface area contributed by atoms with Crippen molar-refractivity contribution in [2.75, 3.05) is 26.3 Å². The predicted molar refractivity (Wildman–Crippen MR) is 64.3 cm³/mol. The minimum atomic E-state index is 0.107. The summed E-state index contributed by atoms with van der Waals surface area (Å²) in [6, 6.07) is 0.312. The molecule has 0 aliphatic carbocycles. The summed E-state index contributed by atoms with van der Waals surface area (Å²) in [5, 5.41) is 6.21. The van der Waals surface area contributed by atoms with Gasteiger partial charge in [0.2, 0.25) is 5.91 Å². The maximum absolute atomic E-state index is 11.6. The Morgan fingerprint density at radius 1 is 1.44 bits per heavy atom. The molecule has 2 N–H and O–H groups in total. The SMILES string of the molecule is CCC(C)CNCC(=O)NC1CCOCC1. The smallest absolute Gasteiger partial charge is 0.234 e. The van der Waals surface area contributed by atoms with Gasteiger partial charge >= 0.3 is 0 Å². The summed E-state index contributed by atoms with van der Waals surface area (Å²) < 4.78 is 5.24. The Morgan fingerprint density at radius 2 is 2.12 bits per heavy atom. The highest BCUT2D eigenvalue weighted by molar-refractivity contribution is 5.78. The van der Waals surface area contributed by atoms with Gasteiger partial charge < -0.3 is 15.4 Å². The molecule has 0 aromatic heterocycles. The molecule has 0 bridgehead atoms. The van der Waals surface area contributed by atoms with Gasteiger partial charge in [-0.05, 0) is 25.3 Å². The molecule has 0 spiro atoms. The monoisotopic (exact) mass is 228 g/mol. The number of ether oxygens (including phenoxy) is 1. The number of hydrogen-bond acceptors (Lipinski definition) is 3. The first kappa shape index (κ1) is 13.5. The Bertz CT molecular complexity index is 203. The molecule has 1 aliphatic rings. The molecular weight excluding hydrogens is 204 g/mol. The molecule has 16 heavy (non-hydrogen) atoms. The van der Waals surface area contributed by atoms with Crippen molar-refractivity contribution < 1.29 is 9.53 Å². The van der Waals surface area contributed by atoms with E-state index in [-0.39, 0.29) is 5.91 Å². The lowest BCUT2D eigenvalue weighted by atomic mass is 10.1. The van der Waals surface area contributed by atoms with Crippen LogP contribution in [0.1, 0.15) is 33.1 Å². The average Bonchev–Trinajstić information content (AvgIpc) is 2.30. The van der Waals surface area contributed by atoms with Crippen molar-refractivity contribution in [1.29, 1.82) is 0 Å². The van der Waals surface area contributed by atoms with E-state index in [1.54, 1.807) is 0 Å². The van der Waals surface area contributed by atoms with E-state index in [0.29, 0.717) is 18.5 Å². The van der Waals surface area contributed by atoms with Gasteiger partial charge in [-0.15, -0.1) is 0 Å².